The molecule has 0 bridgehead atoms. The summed E-state index contributed by atoms with van der Waals surface area (Å²) in [4.78, 5) is 15.1. The second-order valence-electron chi connectivity index (χ2n) is 3.60. The van der Waals surface area contributed by atoms with Crippen molar-refractivity contribution in [2.45, 2.75) is 6.92 Å². The van der Waals surface area contributed by atoms with Crippen LogP contribution in [0, 0.1) is 5.21 Å². The molecule has 7 nitrogen and oxygen atoms in total. The molecule has 0 saturated heterocycles. The number of rotatable bonds is 2. The monoisotopic (exact) mass is 250 g/mol. The highest BCUT2D eigenvalue weighted by Crippen LogP contribution is 2.27. The van der Waals surface area contributed by atoms with Gasteiger partial charge in [-0.3, -0.25) is 0 Å². The quantitative estimate of drug-likeness (QED) is 0.299. The van der Waals surface area contributed by atoms with E-state index in [1.807, 2.05) is 0 Å². The number of para-hydroxylation sites is 1. The van der Waals surface area contributed by atoms with Crippen LogP contribution in [0.4, 0.5) is 5.69 Å². The van der Waals surface area contributed by atoms with Crippen molar-refractivity contribution in [1.82, 2.24) is 0 Å². The van der Waals surface area contributed by atoms with E-state index in [4.69, 9.17) is 9.94 Å². The fourth-order valence-corrected chi connectivity index (χ4v) is 1.51. The summed E-state index contributed by atoms with van der Waals surface area (Å²) in [6.45, 7) is 1.52. The van der Waals surface area contributed by atoms with Crippen molar-refractivity contribution >= 4 is 23.6 Å². The summed E-state index contributed by atoms with van der Waals surface area (Å²) < 4.78 is 4.71. The number of quaternary nitrogens is 1. The minimum atomic E-state index is -1.25. The van der Waals surface area contributed by atoms with Crippen LogP contribution in [0.15, 0.2) is 28.9 Å². The largest absolute Gasteiger partial charge is 0.595 e. The van der Waals surface area contributed by atoms with E-state index in [2.05, 4.69) is 4.99 Å². The van der Waals surface area contributed by atoms with Crippen molar-refractivity contribution in [2.75, 3.05) is 0 Å². The van der Waals surface area contributed by atoms with Crippen LogP contribution < -0.4 is 5.23 Å². The Morgan fingerprint density at radius 2 is 2.22 bits per heavy atom. The van der Waals surface area contributed by atoms with Crippen LogP contribution in [0.5, 0.6) is 5.75 Å². The first kappa shape index (κ1) is 12.2. The van der Waals surface area contributed by atoms with E-state index in [0.29, 0.717) is 0 Å². The molecule has 1 aromatic carbocycles. The summed E-state index contributed by atoms with van der Waals surface area (Å²) in [5.41, 5.74) is -0.0259. The molecule has 0 amide bonds. The predicted molar refractivity (Wildman–Crippen MR) is 61.1 cm³/mol. The van der Waals surface area contributed by atoms with Gasteiger partial charge in [0, 0.05) is 18.6 Å². The molecule has 7 heteroatoms. The maximum absolute atomic E-state index is 11.3. The summed E-state index contributed by atoms with van der Waals surface area (Å²) in [6.07, 6.45) is 1.28. The number of aliphatic imine (C=N–C) groups is 1. The number of hydrogen-bond donors (Lipinski definition) is 3. The van der Waals surface area contributed by atoms with Gasteiger partial charge in [-0.15, -0.1) is 0 Å². The van der Waals surface area contributed by atoms with Crippen LogP contribution in [-0.4, -0.2) is 22.2 Å². The SMILES string of the molecule is CC1=NC(=Cc2cccc([NH+]([O-])O)c2O)C(=O)O1. The number of carbonyl (C=O) groups is 1. The third kappa shape index (κ3) is 2.23. The predicted octanol–water partition coefficient (Wildman–Crippen LogP) is 0.112. The van der Waals surface area contributed by atoms with Gasteiger partial charge in [-0.05, 0) is 6.08 Å². The highest BCUT2D eigenvalue weighted by atomic mass is 16.8. The van der Waals surface area contributed by atoms with Crippen LogP contribution in [0.25, 0.3) is 6.08 Å². The lowest BCUT2D eigenvalue weighted by molar-refractivity contribution is -0.991. The second-order valence-corrected chi connectivity index (χ2v) is 3.60. The smallest absolute Gasteiger partial charge is 0.363 e. The van der Waals surface area contributed by atoms with E-state index in [9.17, 15) is 15.1 Å². The van der Waals surface area contributed by atoms with Crippen LogP contribution >= 0.6 is 0 Å². The van der Waals surface area contributed by atoms with E-state index < -0.39 is 16.9 Å². The van der Waals surface area contributed by atoms with Crippen molar-refractivity contribution in [2.24, 2.45) is 4.99 Å². The molecular weight excluding hydrogens is 240 g/mol. The Morgan fingerprint density at radius 3 is 2.78 bits per heavy atom. The maximum atomic E-state index is 11.3. The molecule has 1 aromatic rings. The van der Waals surface area contributed by atoms with Crippen LogP contribution in [0.2, 0.25) is 0 Å². The molecule has 1 aliphatic rings. The molecule has 0 aromatic heterocycles. The Bertz CT molecular complexity index is 563. The molecular formula is C11H10N2O5. The summed E-state index contributed by atoms with van der Waals surface area (Å²) in [6, 6.07) is 4.21. The molecule has 0 fully saturated rings. The average molecular weight is 250 g/mol. The summed E-state index contributed by atoms with van der Waals surface area (Å²) in [5.74, 6) is -0.835. The number of esters is 1. The Labute approximate surface area is 102 Å². The third-order valence-corrected chi connectivity index (χ3v) is 2.32. The van der Waals surface area contributed by atoms with Crippen LogP contribution in [0.1, 0.15) is 12.5 Å². The molecule has 1 aliphatic heterocycles. The molecule has 1 atom stereocenters. The zero-order chi connectivity index (χ0) is 13.3. The number of carbonyl (C=O) groups excluding carboxylic acids is 1. The number of cyclic esters (lactones) is 1. The molecule has 0 aliphatic carbocycles. The Balaban J connectivity index is 2.44. The molecule has 18 heavy (non-hydrogen) atoms. The van der Waals surface area contributed by atoms with Gasteiger partial charge in [-0.1, -0.05) is 12.1 Å². The van der Waals surface area contributed by atoms with Crippen LogP contribution in [0.3, 0.4) is 0 Å². The Morgan fingerprint density at radius 1 is 1.50 bits per heavy atom. The minimum Gasteiger partial charge on any atom is -0.595 e. The molecule has 0 spiro atoms. The third-order valence-electron chi connectivity index (χ3n) is 2.32. The zero-order valence-corrected chi connectivity index (χ0v) is 9.38. The highest BCUT2D eigenvalue weighted by Gasteiger charge is 2.21. The van der Waals surface area contributed by atoms with E-state index in [1.54, 1.807) is 0 Å². The van der Waals surface area contributed by atoms with E-state index in [1.165, 1.54) is 31.2 Å². The molecule has 2 rings (SSSR count). The lowest BCUT2D eigenvalue weighted by Crippen LogP contribution is -2.99. The molecule has 94 valence electrons. The number of nitrogens with one attached hydrogen (secondary N) is 1. The lowest BCUT2D eigenvalue weighted by atomic mass is 10.1. The van der Waals surface area contributed by atoms with Gasteiger partial charge in [0.15, 0.2) is 17.3 Å². The normalized spacial score (nSPS) is 18.7. The number of nitrogens with zero attached hydrogens (tertiary/aromatic N) is 1. The molecule has 1 unspecified atom stereocenters. The van der Waals surface area contributed by atoms with Crippen LogP contribution in [-0.2, 0) is 9.53 Å². The Kier molecular flexibility index (Phi) is 3.11. The zero-order valence-electron chi connectivity index (χ0n) is 9.38. The molecule has 0 radical (unpaired) electrons. The van der Waals surface area contributed by atoms with E-state index in [0.717, 1.165) is 0 Å². The molecule has 3 N–H and O–H groups in total. The fourth-order valence-electron chi connectivity index (χ4n) is 1.51. The van der Waals surface area contributed by atoms with Crippen molar-refractivity contribution in [1.29, 1.82) is 0 Å². The first-order chi connectivity index (χ1) is 8.49. The lowest BCUT2D eigenvalue weighted by Gasteiger charge is -2.13. The first-order valence-corrected chi connectivity index (χ1v) is 5.03. The summed E-state index contributed by atoms with van der Waals surface area (Å²) >= 11 is 0. The van der Waals surface area contributed by atoms with Crippen molar-refractivity contribution in [3.63, 3.8) is 0 Å². The number of phenolic OH excluding ortho intramolecular Hbond substituents is 1. The van der Waals surface area contributed by atoms with Gasteiger partial charge in [-0.2, -0.15) is 5.23 Å². The van der Waals surface area contributed by atoms with Crippen molar-refractivity contribution in [3.8, 4) is 5.75 Å². The molecule has 0 saturated carbocycles. The molecule has 1 heterocycles. The fraction of sp³-hybridized carbons (Fsp3) is 0.0909. The van der Waals surface area contributed by atoms with Gasteiger partial charge >= 0.3 is 5.97 Å². The van der Waals surface area contributed by atoms with E-state index in [-0.39, 0.29) is 22.8 Å². The second kappa shape index (κ2) is 4.57. The van der Waals surface area contributed by atoms with Gasteiger partial charge in [0.25, 0.3) is 0 Å². The minimum absolute atomic E-state index is 0.0188. The topological polar surface area (TPSA) is 107 Å². The standard InChI is InChI=1S/C11H10N2O5/c1-6-12-8(11(15)18-6)5-7-3-2-4-9(10(7)14)13(16)17/h2-5,13-14,16H,1H3. The number of phenols is 1. The summed E-state index contributed by atoms with van der Waals surface area (Å²) in [5, 5.41) is 28.2. The highest BCUT2D eigenvalue weighted by molar-refractivity contribution is 6.06. The first-order valence-electron chi connectivity index (χ1n) is 5.03. The van der Waals surface area contributed by atoms with Gasteiger partial charge in [0.2, 0.25) is 5.69 Å². The maximum Gasteiger partial charge on any atom is 0.363 e. The Hall–Kier alpha value is -2.22. The summed E-state index contributed by atoms with van der Waals surface area (Å²) in [7, 11) is 0. The van der Waals surface area contributed by atoms with Gasteiger partial charge in [-0.25, -0.2) is 15.0 Å². The van der Waals surface area contributed by atoms with Crippen molar-refractivity contribution in [3.05, 3.63) is 34.7 Å². The van der Waals surface area contributed by atoms with Gasteiger partial charge in [0.1, 0.15) is 0 Å². The number of ether oxygens (including phenoxy) is 1. The number of hydrogen-bond acceptors (Lipinski definition) is 6. The average Bonchev–Trinajstić information content (AvgIpc) is 2.60. The van der Waals surface area contributed by atoms with Gasteiger partial charge in [0.05, 0.1) is 0 Å². The van der Waals surface area contributed by atoms with Crippen molar-refractivity contribution < 1.29 is 25.1 Å². The van der Waals surface area contributed by atoms with Gasteiger partial charge < -0.3 is 15.1 Å². The number of benzene rings is 1. The van der Waals surface area contributed by atoms with E-state index >= 15 is 0 Å². The number of aromatic hydroxyl groups is 1.